The van der Waals surface area contributed by atoms with Crippen molar-refractivity contribution in [3.63, 3.8) is 0 Å². The molecule has 25 heavy (non-hydrogen) atoms. The molecule has 0 fully saturated rings. The van der Waals surface area contributed by atoms with Crippen LogP contribution in [0.3, 0.4) is 0 Å². The number of rotatable bonds is 4. The number of para-hydroxylation sites is 1. The van der Waals surface area contributed by atoms with Crippen LogP contribution in [0, 0.1) is 13.8 Å². The number of carbonyl (C=O) groups excluding carboxylic acids is 1. The molecule has 5 nitrogen and oxygen atoms in total. The van der Waals surface area contributed by atoms with Gasteiger partial charge in [0.1, 0.15) is 5.69 Å². The van der Waals surface area contributed by atoms with Crippen LogP contribution < -0.4 is 10.2 Å². The Hall–Kier alpha value is -3.21. The third-order valence-electron chi connectivity index (χ3n) is 4.00. The van der Waals surface area contributed by atoms with Gasteiger partial charge in [0, 0.05) is 18.4 Å². The highest BCUT2D eigenvalue weighted by atomic mass is 16.1. The van der Waals surface area contributed by atoms with Gasteiger partial charge in [0.2, 0.25) is 0 Å². The van der Waals surface area contributed by atoms with E-state index in [1.165, 1.54) is 6.20 Å². The number of anilines is 3. The maximum atomic E-state index is 12.4. The van der Waals surface area contributed by atoms with Crippen LogP contribution >= 0.6 is 0 Å². The van der Waals surface area contributed by atoms with Crippen LogP contribution in [0.15, 0.2) is 60.9 Å². The molecule has 1 N–H and O–H groups in total. The molecule has 0 saturated heterocycles. The summed E-state index contributed by atoms with van der Waals surface area (Å²) < 4.78 is 0. The van der Waals surface area contributed by atoms with Crippen molar-refractivity contribution < 1.29 is 4.79 Å². The van der Waals surface area contributed by atoms with Gasteiger partial charge in [-0.25, -0.2) is 9.97 Å². The second-order valence-corrected chi connectivity index (χ2v) is 5.93. The lowest BCUT2D eigenvalue weighted by atomic mass is 10.1. The maximum Gasteiger partial charge on any atom is 0.275 e. The van der Waals surface area contributed by atoms with Crippen LogP contribution in [0.1, 0.15) is 21.6 Å². The molecule has 2 aromatic carbocycles. The Morgan fingerprint density at radius 2 is 1.76 bits per heavy atom. The van der Waals surface area contributed by atoms with Crippen molar-refractivity contribution in [2.45, 2.75) is 13.8 Å². The molecule has 0 aliphatic heterocycles. The summed E-state index contributed by atoms with van der Waals surface area (Å²) in [5.41, 5.74) is 4.17. The molecular formula is C20H20N4O. The van der Waals surface area contributed by atoms with Crippen LogP contribution in [-0.2, 0) is 0 Å². The quantitative estimate of drug-likeness (QED) is 0.781. The summed E-state index contributed by atoms with van der Waals surface area (Å²) in [4.78, 5) is 22.9. The predicted molar refractivity (Wildman–Crippen MR) is 100 cm³/mol. The fourth-order valence-corrected chi connectivity index (χ4v) is 2.45. The normalized spacial score (nSPS) is 10.4. The van der Waals surface area contributed by atoms with Gasteiger partial charge >= 0.3 is 0 Å². The van der Waals surface area contributed by atoms with E-state index in [9.17, 15) is 4.79 Å². The predicted octanol–water partition coefficient (Wildman–Crippen LogP) is 4.11. The van der Waals surface area contributed by atoms with Crippen LogP contribution in [0.25, 0.3) is 0 Å². The smallest absolute Gasteiger partial charge is 0.275 e. The van der Waals surface area contributed by atoms with Gasteiger partial charge < -0.3 is 10.2 Å². The highest BCUT2D eigenvalue weighted by Crippen LogP contribution is 2.20. The molecule has 126 valence electrons. The van der Waals surface area contributed by atoms with Gasteiger partial charge in [-0.05, 0) is 43.2 Å². The second kappa shape index (κ2) is 7.13. The largest absolute Gasteiger partial charge is 0.328 e. The summed E-state index contributed by atoms with van der Waals surface area (Å²) in [7, 11) is 1.91. The topological polar surface area (TPSA) is 58.1 Å². The third-order valence-corrected chi connectivity index (χ3v) is 4.00. The monoisotopic (exact) mass is 332 g/mol. The Labute approximate surface area is 147 Å². The van der Waals surface area contributed by atoms with E-state index < -0.39 is 0 Å². The number of amides is 1. The first-order valence-electron chi connectivity index (χ1n) is 8.04. The number of aromatic nitrogens is 2. The fourth-order valence-electron chi connectivity index (χ4n) is 2.45. The van der Waals surface area contributed by atoms with Crippen molar-refractivity contribution in [3.8, 4) is 0 Å². The summed E-state index contributed by atoms with van der Waals surface area (Å²) in [5, 5.41) is 2.89. The molecule has 0 aliphatic carbocycles. The van der Waals surface area contributed by atoms with E-state index in [2.05, 4.69) is 15.3 Å². The van der Waals surface area contributed by atoms with Gasteiger partial charge in [0.15, 0.2) is 5.82 Å². The van der Waals surface area contributed by atoms with Crippen molar-refractivity contribution in [1.82, 2.24) is 9.97 Å². The van der Waals surface area contributed by atoms with Gasteiger partial charge in [0.25, 0.3) is 5.91 Å². The summed E-state index contributed by atoms with van der Waals surface area (Å²) in [6, 6.07) is 15.8. The molecular weight excluding hydrogens is 312 g/mol. The highest BCUT2D eigenvalue weighted by molar-refractivity contribution is 6.03. The van der Waals surface area contributed by atoms with Gasteiger partial charge in [-0.1, -0.05) is 30.3 Å². The Morgan fingerprint density at radius 3 is 2.44 bits per heavy atom. The minimum absolute atomic E-state index is 0.268. The van der Waals surface area contributed by atoms with Crippen molar-refractivity contribution >= 4 is 23.1 Å². The molecule has 5 heteroatoms. The SMILES string of the molecule is Cc1ccc(C)c(NC(=O)c2cnc(N(C)c3ccccc3)cn2)c1. The molecule has 3 rings (SSSR count). The van der Waals surface area contributed by atoms with Crippen LogP contribution in [0.4, 0.5) is 17.2 Å². The summed E-state index contributed by atoms with van der Waals surface area (Å²) >= 11 is 0. The number of benzene rings is 2. The number of nitrogens with zero attached hydrogens (tertiary/aromatic N) is 3. The summed E-state index contributed by atoms with van der Waals surface area (Å²) in [6.45, 7) is 3.95. The zero-order valence-electron chi connectivity index (χ0n) is 14.5. The van der Waals surface area contributed by atoms with Crippen LogP contribution in [-0.4, -0.2) is 22.9 Å². The average molecular weight is 332 g/mol. The van der Waals surface area contributed by atoms with E-state index in [0.717, 1.165) is 22.5 Å². The lowest BCUT2D eigenvalue weighted by Gasteiger charge is -2.17. The molecule has 0 saturated carbocycles. The van der Waals surface area contributed by atoms with Crippen molar-refractivity contribution in [2.24, 2.45) is 0 Å². The van der Waals surface area contributed by atoms with E-state index in [1.807, 2.05) is 74.3 Å². The lowest BCUT2D eigenvalue weighted by molar-refractivity contribution is 0.102. The van der Waals surface area contributed by atoms with E-state index in [0.29, 0.717) is 5.82 Å². The molecule has 0 unspecified atom stereocenters. The minimum atomic E-state index is -0.268. The molecule has 0 aliphatic rings. The Kier molecular flexibility index (Phi) is 4.75. The summed E-state index contributed by atoms with van der Waals surface area (Å²) in [5.74, 6) is 0.407. The first kappa shape index (κ1) is 16.6. The molecule has 3 aromatic rings. The number of hydrogen-bond acceptors (Lipinski definition) is 4. The number of nitrogens with one attached hydrogen (secondary N) is 1. The fraction of sp³-hybridized carbons (Fsp3) is 0.150. The van der Waals surface area contributed by atoms with Crippen LogP contribution in [0.2, 0.25) is 0 Å². The highest BCUT2D eigenvalue weighted by Gasteiger charge is 2.12. The Morgan fingerprint density at radius 1 is 1.00 bits per heavy atom. The van der Waals surface area contributed by atoms with E-state index >= 15 is 0 Å². The molecule has 1 heterocycles. The third kappa shape index (κ3) is 3.83. The standard InChI is InChI=1S/C20H20N4O/c1-14-9-10-15(2)17(11-14)23-20(25)18-12-22-19(13-21-18)24(3)16-7-5-4-6-8-16/h4-13H,1-3H3,(H,23,25). The zero-order chi connectivity index (χ0) is 17.8. The van der Waals surface area contributed by atoms with Crippen molar-refractivity contribution in [2.75, 3.05) is 17.3 Å². The van der Waals surface area contributed by atoms with Gasteiger partial charge in [0.05, 0.1) is 12.4 Å². The second-order valence-electron chi connectivity index (χ2n) is 5.93. The maximum absolute atomic E-state index is 12.4. The van der Waals surface area contributed by atoms with E-state index in [1.54, 1.807) is 6.20 Å². The van der Waals surface area contributed by atoms with Gasteiger partial charge in [-0.2, -0.15) is 0 Å². The number of carbonyl (C=O) groups is 1. The minimum Gasteiger partial charge on any atom is -0.328 e. The summed E-state index contributed by atoms with van der Waals surface area (Å²) in [6.07, 6.45) is 3.10. The Bertz CT molecular complexity index is 876. The molecule has 1 amide bonds. The zero-order valence-corrected chi connectivity index (χ0v) is 14.5. The van der Waals surface area contributed by atoms with Gasteiger partial charge in [-0.3, -0.25) is 4.79 Å². The lowest BCUT2D eigenvalue weighted by Crippen LogP contribution is -2.17. The van der Waals surface area contributed by atoms with Gasteiger partial charge in [-0.15, -0.1) is 0 Å². The van der Waals surface area contributed by atoms with Crippen LogP contribution in [0.5, 0.6) is 0 Å². The average Bonchev–Trinajstić information content (AvgIpc) is 2.65. The number of hydrogen-bond donors (Lipinski definition) is 1. The Balaban J connectivity index is 1.76. The molecule has 0 spiro atoms. The first-order chi connectivity index (χ1) is 12.0. The molecule has 0 bridgehead atoms. The molecule has 0 radical (unpaired) electrons. The van der Waals surface area contributed by atoms with E-state index in [4.69, 9.17) is 0 Å². The van der Waals surface area contributed by atoms with E-state index in [-0.39, 0.29) is 11.6 Å². The molecule has 0 atom stereocenters. The first-order valence-corrected chi connectivity index (χ1v) is 8.04. The van der Waals surface area contributed by atoms with Crippen molar-refractivity contribution in [3.05, 3.63) is 77.7 Å². The molecule has 1 aromatic heterocycles. The number of aryl methyl sites for hydroxylation is 2. The van der Waals surface area contributed by atoms with Crippen molar-refractivity contribution in [1.29, 1.82) is 0 Å².